The number of hydrogen-bond acceptors (Lipinski definition) is 6. The molecule has 0 spiro atoms. The molecule has 2 aliphatic rings. The van der Waals surface area contributed by atoms with Crippen molar-refractivity contribution >= 4 is 52.1 Å². The van der Waals surface area contributed by atoms with Crippen LogP contribution in [0.2, 0.25) is 5.02 Å². The van der Waals surface area contributed by atoms with E-state index in [1.54, 1.807) is 20.2 Å². The van der Waals surface area contributed by atoms with Gasteiger partial charge in [-0.2, -0.15) is 4.37 Å². The zero-order valence-electron chi connectivity index (χ0n) is 22.9. The average molecular weight is 585 g/mol. The van der Waals surface area contributed by atoms with E-state index in [0.29, 0.717) is 26.9 Å². The van der Waals surface area contributed by atoms with E-state index in [1.807, 2.05) is 23.6 Å². The summed E-state index contributed by atoms with van der Waals surface area (Å²) in [5.74, 6) is 2.92. The van der Waals surface area contributed by atoms with Crippen LogP contribution in [0, 0.1) is 30.5 Å². The summed E-state index contributed by atoms with van der Waals surface area (Å²) in [6, 6.07) is 8.02. The quantitative estimate of drug-likeness (QED) is 0.439. The van der Waals surface area contributed by atoms with Crippen LogP contribution in [0.15, 0.2) is 35.3 Å². The number of amides is 3. The molecule has 210 valence electrons. The summed E-state index contributed by atoms with van der Waals surface area (Å²) >= 11 is 7.15. The predicted octanol–water partition coefficient (Wildman–Crippen LogP) is 5.00. The fourth-order valence-electron chi connectivity index (χ4n) is 4.15. The van der Waals surface area contributed by atoms with E-state index < -0.39 is 5.82 Å². The average Bonchev–Trinajstić information content (AvgIpc) is 3.39. The van der Waals surface area contributed by atoms with Crippen molar-refractivity contribution in [3.8, 4) is 18.1 Å². The second-order valence-corrected chi connectivity index (χ2v) is 11.6. The molecule has 40 heavy (non-hydrogen) atoms. The van der Waals surface area contributed by atoms with E-state index in [1.165, 1.54) is 33.5 Å². The maximum atomic E-state index is 14.5. The first-order chi connectivity index (χ1) is 18.9. The van der Waals surface area contributed by atoms with Gasteiger partial charge in [-0.15, -0.1) is 6.42 Å². The number of urea groups is 1. The predicted molar refractivity (Wildman–Crippen MR) is 155 cm³/mol. The molecule has 0 atom stereocenters. The molecule has 1 N–H and O–H groups in total. The highest BCUT2D eigenvalue weighted by atomic mass is 35.5. The summed E-state index contributed by atoms with van der Waals surface area (Å²) in [5, 5.41) is 3.37. The van der Waals surface area contributed by atoms with Crippen LogP contribution in [0.1, 0.15) is 25.2 Å². The molecule has 9 nitrogen and oxygen atoms in total. The minimum absolute atomic E-state index is 0.0964. The number of nitrogens with zero attached hydrogens (tertiary/aromatic N) is 5. The maximum absolute atomic E-state index is 14.5. The number of nitrogens with one attached hydrogen (secondary N) is 1. The molecule has 3 heterocycles. The second kappa shape index (κ2) is 11.7. The van der Waals surface area contributed by atoms with Gasteiger partial charge in [-0.3, -0.25) is 9.69 Å². The van der Waals surface area contributed by atoms with Crippen LogP contribution in [0.4, 0.5) is 26.2 Å². The van der Waals surface area contributed by atoms with Gasteiger partial charge in [-0.05, 0) is 36.1 Å². The number of ether oxygens (including phenoxy) is 1. The normalized spacial score (nSPS) is 15.3. The number of carbonyl (C=O) groups excluding carboxylic acids is 2. The first kappa shape index (κ1) is 29.1. The third-order valence-corrected chi connectivity index (χ3v) is 7.45. The highest BCUT2D eigenvalue weighted by molar-refractivity contribution is 7.02. The lowest BCUT2D eigenvalue weighted by molar-refractivity contribution is -0.121. The van der Waals surface area contributed by atoms with Gasteiger partial charge in [-0.1, -0.05) is 37.4 Å². The molecule has 0 saturated carbocycles. The van der Waals surface area contributed by atoms with Gasteiger partial charge in [0.1, 0.15) is 17.3 Å². The molecule has 0 unspecified atom stereocenters. The molecular weight excluding hydrogens is 555 g/mol. The Morgan fingerprint density at radius 1 is 1.35 bits per heavy atom. The van der Waals surface area contributed by atoms with Crippen molar-refractivity contribution in [2.45, 2.75) is 33.7 Å². The monoisotopic (exact) mass is 584 g/mol. The lowest BCUT2D eigenvalue weighted by Gasteiger charge is -2.28. The van der Waals surface area contributed by atoms with Crippen molar-refractivity contribution in [3.63, 3.8) is 0 Å². The fraction of sp³-hybridized carbons (Fsp3) is 0.357. The topological polar surface area (TPSA) is 92.1 Å². The number of benzene rings is 2. The van der Waals surface area contributed by atoms with Gasteiger partial charge in [0.15, 0.2) is 12.4 Å². The molecule has 3 aromatic rings. The minimum atomic E-state index is -0.515. The lowest BCUT2D eigenvalue weighted by atomic mass is 9.92. The van der Waals surface area contributed by atoms with Crippen molar-refractivity contribution in [1.82, 2.24) is 13.8 Å². The Morgan fingerprint density at radius 3 is 2.77 bits per heavy atom. The molecule has 0 bridgehead atoms. The first-order valence-corrected chi connectivity index (χ1v) is 13.6. The number of fused-ring (bicyclic) bond motifs is 2. The SMILES string of the molecule is C#CCN1C(=O)COc2cc(F)c(/N=c3\snc4n3CC(C)(C)C4)cc21.Cc1ccc(NC(=O)N(C)C)cc1Cl. The number of anilines is 2. The summed E-state index contributed by atoms with van der Waals surface area (Å²) in [4.78, 5) is 31.3. The van der Waals surface area contributed by atoms with E-state index in [0.717, 1.165) is 24.4 Å². The Kier molecular flexibility index (Phi) is 8.51. The van der Waals surface area contributed by atoms with Gasteiger partial charge < -0.3 is 19.5 Å². The number of terminal acetylenes is 1. The third kappa shape index (κ3) is 6.46. The van der Waals surface area contributed by atoms with Crippen molar-refractivity contribution in [3.05, 3.63) is 57.4 Å². The summed E-state index contributed by atoms with van der Waals surface area (Å²) in [6.45, 7) is 6.97. The van der Waals surface area contributed by atoms with Crippen molar-refractivity contribution < 1.29 is 18.7 Å². The summed E-state index contributed by atoms with van der Waals surface area (Å²) in [6.07, 6.45) is 6.22. The number of carbonyl (C=O) groups is 2. The van der Waals surface area contributed by atoms with Crippen LogP contribution >= 0.6 is 23.1 Å². The third-order valence-electron chi connectivity index (χ3n) is 6.26. The van der Waals surface area contributed by atoms with E-state index in [2.05, 4.69) is 34.5 Å². The minimum Gasteiger partial charge on any atom is -0.481 e. The molecule has 0 fully saturated rings. The molecule has 12 heteroatoms. The highest BCUT2D eigenvalue weighted by Gasteiger charge is 2.31. The van der Waals surface area contributed by atoms with Gasteiger partial charge in [-0.25, -0.2) is 14.2 Å². The van der Waals surface area contributed by atoms with E-state index >= 15 is 0 Å². The van der Waals surface area contributed by atoms with Crippen LogP contribution in [0.5, 0.6) is 5.75 Å². The Morgan fingerprint density at radius 2 is 2.10 bits per heavy atom. The second-order valence-electron chi connectivity index (χ2n) is 10.5. The number of rotatable bonds is 3. The summed E-state index contributed by atoms with van der Waals surface area (Å²) in [5.41, 5.74) is 2.38. The Balaban J connectivity index is 0.000000224. The first-order valence-electron chi connectivity index (χ1n) is 12.4. The number of aromatic nitrogens is 2. The van der Waals surface area contributed by atoms with Gasteiger partial charge in [0.05, 0.1) is 12.2 Å². The summed E-state index contributed by atoms with van der Waals surface area (Å²) in [7, 11) is 3.37. The summed E-state index contributed by atoms with van der Waals surface area (Å²) < 4.78 is 26.3. The Labute approximate surface area is 241 Å². The molecule has 0 radical (unpaired) electrons. The molecule has 2 aromatic carbocycles. The number of halogens is 2. The van der Waals surface area contributed by atoms with Crippen molar-refractivity contribution in [1.29, 1.82) is 0 Å². The number of aryl methyl sites for hydroxylation is 1. The van der Waals surface area contributed by atoms with Crippen LogP contribution in [-0.4, -0.2) is 53.0 Å². The molecule has 2 aliphatic heterocycles. The lowest BCUT2D eigenvalue weighted by Crippen LogP contribution is -2.39. The number of hydrogen-bond donors (Lipinski definition) is 1. The van der Waals surface area contributed by atoms with Crippen molar-refractivity contribution in [2.24, 2.45) is 10.4 Å². The van der Waals surface area contributed by atoms with Gasteiger partial charge in [0.25, 0.3) is 5.91 Å². The Hall–Kier alpha value is -3.88. The smallest absolute Gasteiger partial charge is 0.321 e. The molecular formula is C28H30ClFN6O3S. The molecule has 0 aliphatic carbocycles. The fourth-order valence-corrected chi connectivity index (χ4v) is 5.09. The maximum Gasteiger partial charge on any atom is 0.321 e. The van der Waals surface area contributed by atoms with Gasteiger partial charge >= 0.3 is 6.03 Å². The van der Waals surface area contributed by atoms with Crippen LogP contribution < -0.4 is 19.8 Å². The van der Waals surface area contributed by atoms with Crippen LogP contribution in [0.25, 0.3) is 0 Å². The van der Waals surface area contributed by atoms with Crippen LogP contribution in [0.3, 0.4) is 0 Å². The zero-order valence-corrected chi connectivity index (χ0v) is 24.5. The standard InChI is InChI=1S/C18H17FN4O2S.C10H13ClN2O/c1-4-5-22-13-7-12(11(19)6-14(13)25-9-16(22)24)20-17-23-10-18(2,3)8-15(23)21-26-17;1-7-4-5-8(6-9(7)11)12-10(14)13(2)3/h1,6-7H,5,8-10H2,2-3H3;4-6H,1-3H3,(H,12,14)/b20-17-;. The van der Waals surface area contributed by atoms with Gasteiger partial charge in [0, 0.05) is 55.4 Å². The van der Waals surface area contributed by atoms with E-state index in [9.17, 15) is 14.0 Å². The largest absolute Gasteiger partial charge is 0.481 e. The zero-order chi connectivity index (χ0) is 29.2. The van der Waals surface area contributed by atoms with Crippen LogP contribution in [-0.2, 0) is 17.8 Å². The van der Waals surface area contributed by atoms with Gasteiger partial charge in [0.2, 0.25) is 4.80 Å². The van der Waals surface area contributed by atoms with Crippen molar-refractivity contribution in [2.75, 3.05) is 37.5 Å². The van der Waals surface area contributed by atoms with E-state index in [-0.39, 0.29) is 36.2 Å². The molecule has 5 rings (SSSR count). The highest BCUT2D eigenvalue weighted by Crippen LogP contribution is 2.37. The van der Waals surface area contributed by atoms with E-state index in [4.69, 9.17) is 22.8 Å². The molecule has 1 aromatic heterocycles. The Bertz CT molecular complexity index is 1570. The molecule has 3 amide bonds. The molecule has 0 saturated heterocycles.